The van der Waals surface area contributed by atoms with E-state index in [1.165, 1.54) is 21.3 Å². The molecule has 0 unspecified atom stereocenters. The first kappa shape index (κ1) is 20.8. The van der Waals surface area contributed by atoms with Crippen LogP contribution in [0.2, 0.25) is 5.02 Å². The van der Waals surface area contributed by atoms with Crippen molar-refractivity contribution in [3.8, 4) is 0 Å². The van der Waals surface area contributed by atoms with Gasteiger partial charge in [-0.05, 0) is 43.0 Å². The van der Waals surface area contributed by atoms with Crippen LogP contribution in [0.25, 0.3) is 0 Å². The number of piperidine rings is 1. The molecule has 0 saturated carbocycles. The third-order valence-corrected chi connectivity index (χ3v) is 7.85. The number of amides is 3. The molecule has 2 saturated heterocycles. The molecule has 30 heavy (non-hydrogen) atoms. The van der Waals surface area contributed by atoms with Crippen LogP contribution in [0.1, 0.15) is 18.4 Å². The number of hydrogen-bond acceptors (Lipinski definition) is 4. The van der Waals surface area contributed by atoms with Crippen molar-refractivity contribution in [3.05, 3.63) is 65.2 Å². The van der Waals surface area contributed by atoms with E-state index in [0.29, 0.717) is 18.0 Å². The number of sulfonamides is 1. The molecule has 0 atom stereocenters. The van der Waals surface area contributed by atoms with Gasteiger partial charge in [0.15, 0.2) is 0 Å². The zero-order valence-electron chi connectivity index (χ0n) is 16.3. The number of rotatable bonds is 5. The van der Waals surface area contributed by atoms with E-state index in [4.69, 9.17) is 11.6 Å². The molecule has 2 heterocycles. The van der Waals surface area contributed by atoms with E-state index >= 15 is 0 Å². The molecular weight excluding hydrogens is 426 g/mol. The highest BCUT2D eigenvalue weighted by Gasteiger charge is 2.53. The second kappa shape index (κ2) is 8.02. The van der Waals surface area contributed by atoms with E-state index < -0.39 is 21.6 Å². The summed E-state index contributed by atoms with van der Waals surface area (Å²) in [6.45, 7) is 0.585. The lowest BCUT2D eigenvalue weighted by Crippen LogP contribution is -2.55. The van der Waals surface area contributed by atoms with Crippen molar-refractivity contribution >= 4 is 33.6 Å². The Hall–Kier alpha value is -2.42. The normalized spacial score (nSPS) is 19.3. The molecule has 3 amide bonds. The molecule has 158 valence electrons. The molecule has 2 aromatic carbocycles. The van der Waals surface area contributed by atoms with Gasteiger partial charge in [0.25, 0.3) is 5.91 Å². The number of hydrogen-bond donors (Lipinski definition) is 1. The fraction of sp³-hybridized carbons (Fsp3) is 0.333. The predicted molar refractivity (Wildman–Crippen MR) is 113 cm³/mol. The minimum Gasteiger partial charge on any atom is -0.323 e. The van der Waals surface area contributed by atoms with Crippen LogP contribution in [-0.4, -0.2) is 54.7 Å². The molecule has 0 aliphatic carbocycles. The second-order valence-electron chi connectivity index (χ2n) is 7.57. The Kier molecular flexibility index (Phi) is 5.57. The van der Waals surface area contributed by atoms with Gasteiger partial charge >= 0.3 is 6.03 Å². The van der Waals surface area contributed by atoms with Gasteiger partial charge in [0.2, 0.25) is 10.0 Å². The molecule has 9 heteroatoms. The molecule has 1 N–H and O–H groups in total. The van der Waals surface area contributed by atoms with Crippen LogP contribution in [0, 0.1) is 0 Å². The Morgan fingerprint density at radius 2 is 1.70 bits per heavy atom. The quantitative estimate of drug-likeness (QED) is 0.714. The Balaban J connectivity index is 1.43. The maximum atomic E-state index is 13.0. The van der Waals surface area contributed by atoms with Crippen LogP contribution in [0.15, 0.2) is 59.5 Å². The fourth-order valence-corrected chi connectivity index (χ4v) is 5.73. The molecule has 2 aliphatic heterocycles. The molecule has 0 radical (unpaired) electrons. The van der Waals surface area contributed by atoms with Crippen molar-refractivity contribution in [1.82, 2.24) is 14.5 Å². The number of carbonyl (C=O) groups is 2. The third kappa shape index (κ3) is 3.82. The largest absolute Gasteiger partial charge is 0.325 e. The summed E-state index contributed by atoms with van der Waals surface area (Å²) < 4.78 is 27.1. The molecule has 1 spiro atoms. The van der Waals surface area contributed by atoms with Crippen LogP contribution in [0.4, 0.5) is 4.79 Å². The van der Waals surface area contributed by atoms with Gasteiger partial charge in [-0.15, -0.1) is 0 Å². The molecule has 0 bridgehead atoms. The minimum absolute atomic E-state index is 0.122. The SMILES string of the molecule is O=C1NC2(CCN(S(=O)(=O)c3cccc(Cl)c3)CC2)C(=O)N1CCc1ccccc1. The highest BCUT2D eigenvalue weighted by atomic mass is 35.5. The van der Waals surface area contributed by atoms with Crippen molar-refractivity contribution in [2.75, 3.05) is 19.6 Å². The van der Waals surface area contributed by atoms with Gasteiger partial charge in [0.05, 0.1) is 4.90 Å². The number of benzene rings is 2. The van der Waals surface area contributed by atoms with E-state index in [-0.39, 0.29) is 36.7 Å². The first-order chi connectivity index (χ1) is 14.3. The highest BCUT2D eigenvalue weighted by Crippen LogP contribution is 2.32. The van der Waals surface area contributed by atoms with E-state index in [0.717, 1.165) is 5.56 Å². The second-order valence-corrected chi connectivity index (χ2v) is 9.94. The van der Waals surface area contributed by atoms with Gasteiger partial charge in [0, 0.05) is 24.7 Å². The van der Waals surface area contributed by atoms with Gasteiger partial charge < -0.3 is 5.32 Å². The molecule has 2 aromatic rings. The van der Waals surface area contributed by atoms with Gasteiger partial charge in [-0.3, -0.25) is 9.69 Å². The number of halogens is 1. The Bertz CT molecular complexity index is 1070. The van der Waals surface area contributed by atoms with Crippen molar-refractivity contribution in [1.29, 1.82) is 0 Å². The molecule has 0 aromatic heterocycles. The lowest BCUT2D eigenvalue weighted by Gasteiger charge is -2.36. The number of urea groups is 1. The van der Waals surface area contributed by atoms with Crippen molar-refractivity contribution in [2.45, 2.75) is 29.7 Å². The van der Waals surface area contributed by atoms with Crippen molar-refractivity contribution < 1.29 is 18.0 Å². The zero-order chi connectivity index (χ0) is 21.4. The monoisotopic (exact) mass is 447 g/mol. The van der Waals surface area contributed by atoms with E-state index in [9.17, 15) is 18.0 Å². The average Bonchev–Trinajstić information content (AvgIpc) is 2.96. The van der Waals surface area contributed by atoms with Crippen molar-refractivity contribution in [3.63, 3.8) is 0 Å². The highest BCUT2D eigenvalue weighted by molar-refractivity contribution is 7.89. The van der Waals surface area contributed by atoms with Crippen LogP contribution < -0.4 is 5.32 Å². The van der Waals surface area contributed by atoms with Crippen LogP contribution >= 0.6 is 11.6 Å². The molecule has 7 nitrogen and oxygen atoms in total. The summed E-state index contributed by atoms with van der Waals surface area (Å²) in [5, 5.41) is 3.17. The minimum atomic E-state index is -3.71. The van der Waals surface area contributed by atoms with E-state index in [1.54, 1.807) is 12.1 Å². The summed E-state index contributed by atoms with van der Waals surface area (Å²) in [5.74, 6) is -0.275. The van der Waals surface area contributed by atoms with Crippen LogP contribution in [0.5, 0.6) is 0 Å². The van der Waals surface area contributed by atoms with Crippen LogP contribution in [0.3, 0.4) is 0 Å². The molecule has 2 fully saturated rings. The summed E-state index contributed by atoms with van der Waals surface area (Å²) in [4.78, 5) is 26.9. The van der Waals surface area contributed by atoms with E-state index in [2.05, 4.69) is 5.32 Å². The number of nitrogens with one attached hydrogen (secondary N) is 1. The third-order valence-electron chi connectivity index (χ3n) is 5.72. The number of nitrogens with zero attached hydrogens (tertiary/aromatic N) is 2. The fourth-order valence-electron chi connectivity index (χ4n) is 3.99. The van der Waals surface area contributed by atoms with Gasteiger partial charge in [-0.2, -0.15) is 4.31 Å². The van der Waals surface area contributed by atoms with Gasteiger partial charge in [-0.1, -0.05) is 48.0 Å². The molecular formula is C21H22ClN3O4S. The standard InChI is InChI=1S/C21H22ClN3O4S/c22-17-7-4-8-18(15-17)30(28,29)24-13-10-21(11-14-24)19(26)25(20(27)23-21)12-9-16-5-2-1-3-6-16/h1-8,15H,9-14H2,(H,23,27). The van der Waals surface area contributed by atoms with E-state index in [1.807, 2.05) is 30.3 Å². The summed E-state index contributed by atoms with van der Waals surface area (Å²) in [5.41, 5.74) is 0.00943. The lowest BCUT2D eigenvalue weighted by atomic mass is 9.88. The van der Waals surface area contributed by atoms with Crippen molar-refractivity contribution in [2.24, 2.45) is 0 Å². The molecule has 4 rings (SSSR count). The summed E-state index contributed by atoms with van der Waals surface area (Å²) in [7, 11) is -3.71. The first-order valence-electron chi connectivity index (χ1n) is 9.76. The Labute approximate surface area is 180 Å². The van der Waals surface area contributed by atoms with Gasteiger partial charge in [-0.25, -0.2) is 13.2 Å². The Morgan fingerprint density at radius 1 is 1.00 bits per heavy atom. The average molecular weight is 448 g/mol. The summed E-state index contributed by atoms with van der Waals surface area (Å²) >= 11 is 5.93. The summed E-state index contributed by atoms with van der Waals surface area (Å²) in [6.07, 6.45) is 1.05. The topological polar surface area (TPSA) is 86.8 Å². The molecule has 2 aliphatic rings. The predicted octanol–water partition coefficient (Wildman–Crippen LogP) is 2.66. The zero-order valence-corrected chi connectivity index (χ0v) is 17.8. The number of carbonyl (C=O) groups excluding carboxylic acids is 2. The maximum absolute atomic E-state index is 13.0. The number of imide groups is 1. The first-order valence-corrected chi connectivity index (χ1v) is 11.6. The Morgan fingerprint density at radius 3 is 2.37 bits per heavy atom. The van der Waals surface area contributed by atoms with Crippen LogP contribution in [-0.2, 0) is 21.2 Å². The smallest absolute Gasteiger partial charge is 0.323 e. The maximum Gasteiger partial charge on any atom is 0.325 e. The lowest BCUT2D eigenvalue weighted by molar-refractivity contribution is -0.132. The summed E-state index contributed by atoms with van der Waals surface area (Å²) in [6, 6.07) is 15.3. The van der Waals surface area contributed by atoms with Gasteiger partial charge in [0.1, 0.15) is 5.54 Å².